The van der Waals surface area contributed by atoms with E-state index in [9.17, 15) is 0 Å². The monoisotopic (exact) mass is 318 g/mol. The van der Waals surface area contributed by atoms with E-state index >= 15 is 0 Å². The first kappa shape index (κ1) is 10.6. The largest absolute Gasteiger partial charge is 0.298 e. The van der Waals surface area contributed by atoms with Gasteiger partial charge in [0.15, 0.2) is 0 Å². The number of alkyl halides is 1. The van der Waals surface area contributed by atoms with E-state index < -0.39 is 0 Å². The predicted molar refractivity (Wildman–Crippen MR) is 64.5 cm³/mol. The van der Waals surface area contributed by atoms with Crippen LogP contribution in [0.15, 0.2) is 22.9 Å². The van der Waals surface area contributed by atoms with Crippen molar-refractivity contribution < 1.29 is 0 Å². The molecule has 1 aliphatic rings. The summed E-state index contributed by atoms with van der Waals surface area (Å²) in [5.41, 5.74) is 1.28. The Labute approximate surface area is 101 Å². The van der Waals surface area contributed by atoms with Crippen LogP contribution in [0.2, 0.25) is 0 Å². The summed E-state index contributed by atoms with van der Waals surface area (Å²) in [6.07, 6.45) is 5.01. The van der Waals surface area contributed by atoms with Gasteiger partial charge in [-0.25, -0.2) is 0 Å². The molecule has 0 aliphatic carbocycles. The van der Waals surface area contributed by atoms with E-state index in [4.69, 9.17) is 0 Å². The van der Waals surface area contributed by atoms with E-state index in [0.717, 1.165) is 17.6 Å². The van der Waals surface area contributed by atoms with Gasteiger partial charge in [-0.1, -0.05) is 15.9 Å². The Morgan fingerprint density at radius 3 is 3.00 bits per heavy atom. The average molecular weight is 320 g/mol. The van der Waals surface area contributed by atoms with Crippen LogP contribution in [-0.4, -0.2) is 27.8 Å². The van der Waals surface area contributed by atoms with Crippen LogP contribution < -0.4 is 0 Å². The molecule has 1 unspecified atom stereocenters. The maximum Gasteiger partial charge on any atom is 0.0410 e. The molecule has 0 aromatic carbocycles. The number of pyridine rings is 1. The Hall–Kier alpha value is 0.0700. The van der Waals surface area contributed by atoms with Gasteiger partial charge in [0.05, 0.1) is 0 Å². The molecule has 1 fully saturated rings. The molecule has 1 aromatic rings. The highest BCUT2D eigenvalue weighted by molar-refractivity contribution is 9.10. The highest BCUT2D eigenvalue weighted by Crippen LogP contribution is 2.19. The second kappa shape index (κ2) is 4.73. The van der Waals surface area contributed by atoms with Crippen LogP contribution in [0.25, 0.3) is 0 Å². The SMILES string of the molecule is Brc1cncc(CN2CCC(Br)C2)c1. The highest BCUT2D eigenvalue weighted by Gasteiger charge is 2.19. The van der Waals surface area contributed by atoms with E-state index in [2.05, 4.69) is 47.8 Å². The third kappa shape index (κ3) is 2.78. The summed E-state index contributed by atoms with van der Waals surface area (Å²) in [6.45, 7) is 3.34. The maximum atomic E-state index is 4.16. The minimum Gasteiger partial charge on any atom is -0.298 e. The molecule has 1 aliphatic heterocycles. The average Bonchev–Trinajstić information content (AvgIpc) is 2.51. The van der Waals surface area contributed by atoms with E-state index in [-0.39, 0.29) is 0 Å². The molecule has 14 heavy (non-hydrogen) atoms. The summed E-state index contributed by atoms with van der Waals surface area (Å²) in [5, 5.41) is 0. The van der Waals surface area contributed by atoms with Crippen molar-refractivity contribution in [1.29, 1.82) is 0 Å². The van der Waals surface area contributed by atoms with Crippen LogP contribution in [0.4, 0.5) is 0 Å². The summed E-state index contributed by atoms with van der Waals surface area (Å²) in [7, 11) is 0. The Balaban J connectivity index is 1.97. The second-order valence-corrected chi connectivity index (χ2v) is 5.84. The summed E-state index contributed by atoms with van der Waals surface area (Å²) >= 11 is 7.07. The van der Waals surface area contributed by atoms with Gasteiger partial charge in [0.2, 0.25) is 0 Å². The van der Waals surface area contributed by atoms with Crippen LogP contribution in [-0.2, 0) is 6.54 Å². The third-order valence-corrected chi connectivity index (χ3v) is 3.56. The van der Waals surface area contributed by atoms with Crippen molar-refractivity contribution in [2.75, 3.05) is 13.1 Å². The number of hydrogen-bond donors (Lipinski definition) is 0. The van der Waals surface area contributed by atoms with Crippen LogP contribution in [0.3, 0.4) is 0 Å². The zero-order chi connectivity index (χ0) is 9.97. The fourth-order valence-corrected chi connectivity index (χ4v) is 2.76. The van der Waals surface area contributed by atoms with Crippen molar-refractivity contribution in [2.45, 2.75) is 17.8 Å². The van der Waals surface area contributed by atoms with E-state index in [0.29, 0.717) is 4.83 Å². The van der Waals surface area contributed by atoms with Gasteiger partial charge in [-0.15, -0.1) is 0 Å². The van der Waals surface area contributed by atoms with Gasteiger partial charge in [-0.3, -0.25) is 9.88 Å². The third-order valence-electron chi connectivity index (χ3n) is 2.38. The van der Waals surface area contributed by atoms with Crippen LogP contribution in [0.1, 0.15) is 12.0 Å². The van der Waals surface area contributed by atoms with Crippen molar-refractivity contribution in [3.63, 3.8) is 0 Å². The van der Waals surface area contributed by atoms with Gasteiger partial charge in [0.25, 0.3) is 0 Å². The van der Waals surface area contributed by atoms with Gasteiger partial charge >= 0.3 is 0 Å². The minimum atomic E-state index is 0.669. The van der Waals surface area contributed by atoms with Gasteiger partial charge in [0, 0.05) is 34.8 Å². The molecule has 76 valence electrons. The smallest absolute Gasteiger partial charge is 0.0410 e. The lowest BCUT2D eigenvalue weighted by Gasteiger charge is -2.14. The molecule has 0 amide bonds. The van der Waals surface area contributed by atoms with Crippen molar-refractivity contribution >= 4 is 31.9 Å². The molecule has 0 bridgehead atoms. The molecular formula is C10H12Br2N2. The number of aromatic nitrogens is 1. The fourth-order valence-electron chi connectivity index (χ4n) is 1.73. The molecule has 2 heterocycles. The molecule has 1 saturated heterocycles. The normalized spacial score (nSPS) is 22.9. The van der Waals surface area contributed by atoms with E-state index in [1.54, 1.807) is 0 Å². The number of halogens is 2. The van der Waals surface area contributed by atoms with Crippen molar-refractivity contribution in [1.82, 2.24) is 9.88 Å². The maximum absolute atomic E-state index is 4.16. The van der Waals surface area contributed by atoms with Gasteiger partial charge in [-0.05, 0) is 40.5 Å². The summed E-state index contributed by atoms with van der Waals surface area (Å²) in [5.74, 6) is 0. The first-order valence-corrected chi connectivity index (χ1v) is 6.41. The number of rotatable bonds is 2. The van der Waals surface area contributed by atoms with E-state index in [1.807, 2.05) is 12.4 Å². The molecule has 1 atom stereocenters. The molecular weight excluding hydrogens is 308 g/mol. The molecule has 0 spiro atoms. The first-order chi connectivity index (χ1) is 6.74. The zero-order valence-electron chi connectivity index (χ0n) is 7.79. The molecule has 2 nitrogen and oxygen atoms in total. The van der Waals surface area contributed by atoms with Gasteiger partial charge in [-0.2, -0.15) is 0 Å². The topological polar surface area (TPSA) is 16.1 Å². The molecule has 0 N–H and O–H groups in total. The predicted octanol–water partition coefficient (Wildman–Crippen LogP) is 2.81. The lowest BCUT2D eigenvalue weighted by molar-refractivity contribution is 0.332. The molecule has 2 rings (SSSR count). The van der Waals surface area contributed by atoms with Crippen LogP contribution in [0.5, 0.6) is 0 Å². The van der Waals surface area contributed by atoms with Crippen LogP contribution in [0, 0.1) is 0 Å². The van der Waals surface area contributed by atoms with Gasteiger partial charge in [0.1, 0.15) is 0 Å². The Kier molecular flexibility index (Phi) is 3.57. The lowest BCUT2D eigenvalue weighted by Crippen LogP contribution is -2.20. The van der Waals surface area contributed by atoms with Crippen molar-refractivity contribution in [3.8, 4) is 0 Å². The highest BCUT2D eigenvalue weighted by atomic mass is 79.9. The second-order valence-electron chi connectivity index (χ2n) is 3.63. The Morgan fingerprint density at radius 2 is 2.36 bits per heavy atom. The Morgan fingerprint density at radius 1 is 1.50 bits per heavy atom. The number of likely N-dealkylation sites (tertiary alicyclic amines) is 1. The molecule has 1 aromatic heterocycles. The standard InChI is InChI=1S/C10H12Br2N2/c11-9-1-2-14(7-9)6-8-3-10(12)5-13-4-8/h3-5,9H,1-2,6-7H2. The quantitative estimate of drug-likeness (QED) is 0.779. The summed E-state index contributed by atoms with van der Waals surface area (Å²) in [4.78, 5) is 7.28. The molecule has 4 heteroatoms. The number of nitrogens with zero attached hydrogens (tertiary/aromatic N) is 2. The van der Waals surface area contributed by atoms with Gasteiger partial charge < -0.3 is 0 Å². The summed E-state index contributed by atoms with van der Waals surface area (Å²) in [6, 6.07) is 2.13. The minimum absolute atomic E-state index is 0.669. The molecule has 0 saturated carbocycles. The molecule has 0 radical (unpaired) electrons. The summed E-state index contributed by atoms with van der Waals surface area (Å²) < 4.78 is 1.06. The fraction of sp³-hybridized carbons (Fsp3) is 0.500. The first-order valence-electron chi connectivity index (χ1n) is 4.70. The lowest BCUT2D eigenvalue weighted by atomic mass is 10.3. The van der Waals surface area contributed by atoms with Crippen molar-refractivity contribution in [2.24, 2.45) is 0 Å². The van der Waals surface area contributed by atoms with E-state index in [1.165, 1.54) is 18.5 Å². The van der Waals surface area contributed by atoms with Crippen molar-refractivity contribution in [3.05, 3.63) is 28.5 Å². The Bertz CT molecular complexity index is 317. The van der Waals surface area contributed by atoms with Crippen LogP contribution >= 0.6 is 31.9 Å². The zero-order valence-corrected chi connectivity index (χ0v) is 11.0. The number of hydrogen-bond acceptors (Lipinski definition) is 2.